The molecule has 0 radical (unpaired) electrons. The second-order valence-corrected chi connectivity index (χ2v) is 7.66. The first-order chi connectivity index (χ1) is 13.2. The smallest absolute Gasteiger partial charge is 0.433 e. The van der Waals surface area contributed by atoms with E-state index in [1.807, 2.05) is 18.2 Å². The molecule has 2 aromatic carbocycles. The third kappa shape index (κ3) is 5.85. The molecule has 0 spiro atoms. The highest BCUT2D eigenvalue weighted by molar-refractivity contribution is 9.10. The van der Waals surface area contributed by atoms with Crippen LogP contribution in [0, 0.1) is 0 Å². The van der Waals surface area contributed by atoms with E-state index in [4.69, 9.17) is 9.47 Å². The van der Waals surface area contributed by atoms with Crippen molar-refractivity contribution in [2.24, 2.45) is 0 Å². The number of methoxy groups -OCH3 is 1. The Kier molecular flexibility index (Phi) is 7.23. The van der Waals surface area contributed by atoms with Gasteiger partial charge in [0.1, 0.15) is 5.60 Å². The molecule has 0 bridgehead atoms. The molecule has 2 rings (SSSR count). The van der Waals surface area contributed by atoms with Crippen LogP contribution in [0.5, 0.6) is 0 Å². The van der Waals surface area contributed by atoms with E-state index >= 15 is 0 Å². The number of ether oxygens (including phenoxy) is 2. The van der Waals surface area contributed by atoms with Crippen LogP contribution in [0.2, 0.25) is 0 Å². The van der Waals surface area contributed by atoms with Gasteiger partial charge in [-0.1, -0.05) is 52.3 Å². The van der Waals surface area contributed by atoms with Gasteiger partial charge in [0.2, 0.25) is 0 Å². The molecule has 6 nitrogen and oxygen atoms in total. The predicted molar refractivity (Wildman–Crippen MR) is 112 cm³/mol. The summed E-state index contributed by atoms with van der Waals surface area (Å²) in [5.41, 5.74) is 3.63. The molecule has 0 saturated carbocycles. The maximum Gasteiger partial charge on any atom is 0.433 e. The standard InChI is InChI=1S/C21H23BrN2O4/c1-21(2,3)28-20(26)24(15-10-6-5-7-11-15)23-14-17(19(25)27-4)16-12-8-9-13-18(16)22/h5-14,23H,1-4H3/b17-14+. The maximum absolute atomic E-state index is 12.7. The van der Waals surface area contributed by atoms with Crippen molar-refractivity contribution in [3.63, 3.8) is 0 Å². The average molecular weight is 447 g/mol. The summed E-state index contributed by atoms with van der Waals surface area (Å²) >= 11 is 3.43. The van der Waals surface area contributed by atoms with E-state index in [0.717, 1.165) is 4.47 Å². The fraction of sp³-hybridized carbons (Fsp3) is 0.238. The zero-order valence-electron chi connectivity index (χ0n) is 16.2. The van der Waals surface area contributed by atoms with E-state index in [0.29, 0.717) is 11.3 Å². The summed E-state index contributed by atoms with van der Waals surface area (Å²) in [5, 5.41) is 1.23. The lowest BCUT2D eigenvalue weighted by Crippen LogP contribution is -2.43. The SMILES string of the molecule is COC(=O)/C(=C/NN(C(=O)OC(C)(C)C)c1ccccc1)c1ccccc1Br. The van der Waals surface area contributed by atoms with Crippen LogP contribution < -0.4 is 10.4 Å². The van der Waals surface area contributed by atoms with E-state index in [1.165, 1.54) is 18.3 Å². The first-order valence-electron chi connectivity index (χ1n) is 8.60. The van der Waals surface area contributed by atoms with Crippen molar-refractivity contribution >= 4 is 39.3 Å². The molecule has 0 heterocycles. The van der Waals surface area contributed by atoms with Gasteiger partial charge in [-0.25, -0.2) is 9.59 Å². The third-order valence-corrected chi connectivity index (χ3v) is 4.19. The minimum Gasteiger partial charge on any atom is -0.465 e. The zero-order chi connectivity index (χ0) is 20.7. The molecule has 1 N–H and O–H groups in total. The Morgan fingerprint density at radius 1 is 1.04 bits per heavy atom. The lowest BCUT2D eigenvalue weighted by atomic mass is 10.1. The molecule has 0 fully saturated rings. The molecule has 0 atom stereocenters. The summed E-state index contributed by atoms with van der Waals surface area (Å²) in [7, 11) is 1.30. The van der Waals surface area contributed by atoms with E-state index in [1.54, 1.807) is 57.2 Å². The topological polar surface area (TPSA) is 67.9 Å². The second-order valence-electron chi connectivity index (χ2n) is 6.81. The van der Waals surface area contributed by atoms with Crippen LogP contribution in [0.15, 0.2) is 65.3 Å². The molecule has 28 heavy (non-hydrogen) atoms. The van der Waals surface area contributed by atoms with Crippen LogP contribution in [0.1, 0.15) is 26.3 Å². The van der Waals surface area contributed by atoms with Gasteiger partial charge in [-0.2, -0.15) is 5.01 Å². The van der Waals surface area contributed by atoms with Crippen molar-refractivity contribution in [3.05, 3.63) is 70.8 Å². The Balaban J connectivity index is 2.41. The number of carbonyl (C=O) groups excluding carboxylic acids is 2. The van der Waals surface area contributed by atoms with Crippen molar-refractivity contribution in [3.8, 4) is 0 Å². The van der Waals surface area contributed by atoms with Gasteiger partial charge in [0, 0.05) is 16.2 Å². The number of hydrogen-bond acceptors (Lipinski definition) is 5. The Hall–Kier alpha value is -2.80. The van der Waals surface area contributed by atoms with Crippen molar-refractivity contribution in [2.45, 2.75) is 26.4 Å². The van der Waals surface area contributed by atoms with Gasteiger partial charge >= 0.3 is 12.1 Å². The van der Waals surface area contributed by atoms with Gasteiger partial charge < -0.3 is 9.47 Å². The van der Waals surface area contributed by atoms with Crippen molar-refractivity contribution in [1.29, 1.82) is 0 Å². The number of benzene rings is 2. The van der Waals surface area contributed by atoms with Crippen molar-refractivity contribution in [2.75, 3.05) is 12.1 Å². The predicted octanol–water partition coefficient (Wildman–Crippen LogP) is 4.91. The molecule has 7 heteroatoms. The number of esters is 1. The Bertz CT molecular complexity index is 860. The number of anilines is 1. The lowest BCUT2D eigenvalue weighted by Gasteiger charge is -2.27. The number of hydrogen-bond donors (Lipinski definition) is 1. The Morgan fingerprint density at radius 2 is 1.64 bits per heavy atom. The van der Waals surface area contributed by atoms with E-state index < -0.39 is 17.7 Å². The van der Waals surface area contributed by atoms with Crippen LogP contribution >= 0.6 is 15.9 Å². The minimum atomic E-state index is -0.677. The number of rotatable bonds is 5. The van der Waals surface area contributed by atoms with Crippen LogP contribution in [-0.2, 0) is 14.3 Å². The van der Waals surface area contributed by atoms with Gasteiger partial charge in [0.25, 0.3) is 0 Å². The number of hydrazine groups is 1. The molecule has 0 saturated heterocycles. The largest absolute Gasteiger partial charge is 0.465 e. The normalized spacial score (nSPS) is 11.5. The number of nitrogens with one attached hydrogen (secondary N) is 1. The Morgan fingerprint density at radius 3 is 2.21 bits per heavy atom. The molecular formula is C21H23BrN2O4. The molecule has 1 amide bonds. The van der Waals surface area contributed by atoms with Gasteiger partial charge in [0.15, 0.2) is 0 Å². The molecule has 0 unspecified atom stereocenters. The third-order valence-electron chi connectivity index (χ3n) is 3.50. The highest BCUT2D eigenvalue weighted by Gasteiger charge is 2.24. The molecule has 0 aliphatic rings. The number of halogens is 1. The van der Waals surface area contributed by atoms with E-state index in [2.05, 4.69) is 21.4 Å². The molecule has 0 aliphatic heterocycles. The quantitative estimate of drug-likeness (QED) is 0.401. The molecular weight excluding hydrogens is 424 g/mol. The molecule has 0 aromatic heterocycles. The van der Waals surface area contributed by atoms with E-state index in [-0.39, 0.29) is 5.57 Å². The second kappa shape index (κ2) is 9.41. The summed E-state index contributed by atoms with van der Waals surface area (Å²) in [4.78, 5) is 25.0. The first kappa shape index (κ1) is 21.5. The molecule has 2 aromatic rings. The number of nitrogens with zero attached hydrogens (tertiary/aromatic N) is 1. The fourth-order valence-electron chi connectivity index (χ4n) is 2.28. The minimum absolute atomic E-state index is 0.250. The van der Waals surface area contributed by atoms with Crippen molar-refractivity contribution < 1.29 is 19.1 Å². The summed E-state index contributed by atoms with van der Waals surface area (Å²) in [6, 6.07) is 16.2. The van der Waals surface area contributed by atoms with Gasteiger partial charge in [-0.3, -0.25) is 5.43 Å². The van der Waals surface area contributed by atoms with Crippen LogP contribution in [0.3, 0.4) is 0 Å². The summed E-state index contributed by atoms with van der Waals surface area (Å²) < 4.78 is 11.1. The average Bonchev–Trinajstić information content (AvgIpc) is 2.65. The Labute approximate surface area is 173 Å². The maximum atomic E-state index is 12.7. The van der Waals surface area contributed by atoms with Gasteiger partial charge in [-0.15, -0.1) is 0 Å². The van der Waals surface area contributed by atoms with Gasteiger partial charge in [-0.05, 0) is 39.0 Å². The molecule has 148 valence electrons. The highest BCUT2D eigenvalue weighted by Crippen LogP contribution is 2.25. The molecule has 0 aliphatic carbocycles. The summed E-state index contributed by atoms with van der Waals surface area (Å²) in [5.74, 6) is -0.545. The highest BCUT2D eigenvalue weighted by atomic mass is 79.9. The van der Waals surface area contributed by atoms with Gasteiger partial charge in [0.05, 0.1) is 18.4 Å². The lowest BCUT2D eigenvalue weighted by molar-refractivity contribution is -0.133. The zero-order valence-corrected chi connectivity index (χ0v) is 17.8. The fourth-order valence-corrected chi connectivity index (χ4v) is 2.78. The van der Waals surface area contributed by atoms with Crippen LogP contribution in [0.25, 0.3) is 5.57 Å². The van der Waals surface area contributed by atoms with Crippen LogP contribution in [0.4, 0.5) is 10.5 Å². The number of carbonyl (C=O) groups is 2. The number of para-hydroxylation sites is 1. The number of amides is 1. The van der Waals surface area contributed by atoms with Crippen molar-refractivity contribution in [1.82, 2.24) is 5.43 Å². The first-order valence-corrected chi connectivity index (χ1v) is 9.40. The summed E-state index contributed by atoms with van der Waals surface area (Å²) in [6.07, 6.45) is 0.814. The van der Waals surface area contributed by atoms with Crippen LogP contribution in [-0.4, -0.2) is 24.8 Å². The monoisotopic (exact) mass is 446 g/mol. The summed E-state index contributed by atoms with van der Waals surface area (Å²) in [6.45, 7) is 5.35. The van der Waals surface area contributed by atoms with E-state index in [9.17, 15) is 9.59 Å².